The van der Waals surface area contributed by atoms with Crippen molar-refractivity contribution in [1.29, 1.82) is 0 Å². The van der Waals surface area contributed by atoms with Crippen molar-refractivity contribution < 1.29 is 18.7 Å². The van der Waals surface area contributed by atoms with Crippen LogP contribution in [0.15, 0.2) is 48.5 Å². The lowest BCUT2D eigenvalue weighted by Gasteiger charge is -2.10. The van der Waals surface area contributed by atoms with Crippen molar-refractivity contribution in [3.8, 4) is 5.69 Å². The number of Topliss-reactive ketones (excluding diaryl/α,β-unsaturated/α-hetero) is 1. The Balaban J connectivity index is 1.76. The van der Waals surface area contributed by atoms with E-state index in [1.165, 1.54) is 30.3 Å². The van der Waals surface area contributed by atoms with Crippen molar-refractivity contribution in [3.63, 3.8) is 0 Å². The molecule has 4 nitrogen and oxygen atoms in total. The zero-order chi connectivity index (χ0) is 20.4. The van der Waals surface area contributed by atoms with Gasteiger partial charge in [-0.2, -0.15) is 0 Å². The standard InChI is InChI=1S/C21H16Cl2FNO3/c1-12-9-17(13(2)25(12)16-6-4-15(24)5-7-16)20(26)11-28-21(27)14-3-8-18(22)19(23)10-14/h3-10H,11H2,1-2H3. The minimum Gasteiger partial charge on any atom is -0.454 e. The number of halogens is 3. The average Bonchev–Trinajstić information content (AvgIpc) is 2.97. The van der Waals surface area contributed by atoms with Gasteiger partial charge in [-0.05, 0) is 62.4 Å². The van der Waals surface area contributed by atoms with Crippen LogP contribution < -0.4 is 0 Å². The van der Waals surface area contributed by atoms with Crippen LogP contribution in [0.5, 0.6) is 0 Å². The van der Waals surface area contributed by atoms with E-state index in [9.17, 15) is 14.0 Å². The topological polar surface area (TPSA) is 48.3 Å². The Labute approximate surface area is 171 Å². The molecule has 2 aromatic carbocycles. The lowest BCUT2D eigenvalue weighted by molar-refractivity contribution is 0.0474. The third-order valence-corrected chi connectivity index (χ3v) is 5.05. The quantitative estimate of drug-likeness (QED) is 0.400. The summed E-state index contributed by atoms with van der Waals surface area (Å²) >= 11 is 11.7. The number of nitrogens with zero attached hydrogens (tertiary/aromatic N) is 1. The van der Waals surface area contributed by atoms with Gasteiger partial charge in [0.25, 0.3) is 0 Å². The minimum atomic E-state index is -0.667. The molecule has 0 unspecified atom stereocenters. The molecule has 7 heteroatoms. The molecular weight excluding hydrogens is 404 g/mol. The minimum absolute atomic E-state index is 0.207. The van der Waals surface area contributed by atoms with Crippen LogP contribution in [0, 0.1) is 19.7 Å². The van der Waals surface area contributed by atoms with Crippen LogP contribution in [0.4, 0.5) is 4.39 Å². The summed E-state index contributed by atoms with van der Waals surface area (Å²) in [5, 5.41) is 0.549. The van der Waals surface area contributed by atoms with Gasteiger partial charge in [-0.15, -0.1) is 0 Å². The van der Waals surface area contributed by atoms with E-state index < -0.39 is 12.6 Å². The van der Waals surface area contributed by atoms with Gasteiger partial charge in [-0.25, -0.2) is 9.18 Å². The van der Waals surface area contributed by atoms with Gasteiger partial charge in [-0.1, -0.05) is 23.2 Å². The number of ether oxygens (including phenoxy) is 1. The van der Waals surface area contributed by atoms with Crippen LogP contribution in [-0.2, 0) is 4.74 Å². The fraction of sp³-hybridized carbons (Fsp3) is 0.143. The highest BCUT2D eigenvalue weighted by Gasteiger charge is 2.19. The van der Waals surface area contributed by atoms with Crippen LogP contribution in [0.2, 0.25) is 10.0 Å². The van der Waals surface area contributed by atoms with Gasteiger partial charge in [0.15, 0.2) is 6.61 Å². The van der Waals surface area contributed by atoms with Gasteiger partial charge in [-0.3, -0.25) is 4.79 Å². The van der Waals surface area contributed by atoms with Crippen molar-refractivity contribution in [1.82, 2.24) is 4.57 Å². The number of aromatic nitrogens is 1. The summed E-state index contributed by atoms with van der Waals surface area (Å²) in [7, 11) is 0. The van der Waals surface area contributed by atoms with E-state index in [2.05, 4.69) is 0 Å². The highest BCUT2D eigenvalue weighted by atomic mass is 35.5. The molecule has 28 heavy (non-hydrogen) atoms. The van der Waals surface area contributed by atoms with Gasteiger partial charge in [0.1, 0.15) is 5.82 Å². The molecule has 0 bridgehead atoms. The number of carbonyl (C=O) groups is 2. The van der Waals surface area contributed by atoms with Crippen LogP contribution in [-0.4, -0.2) is 22.9 Å². The van der Waals surface area contributed by atoms with Gasteiger partial charge in [0, 0.05) is 22.6 Å². The second-order valence-electron chi connectivity index (χ2n) is 6.22. The fourth-order valence-electron chi connectivity index (χ4n) is 2.95. The highest BCUT2D eigenvalue weighted by molar-refractivity contribution is 6.42. The van der Waals surface area contributed by atoms with E-state index in [0.717, 1.165) is 11.4 Å². The van der Waals surface area contributed by atoms with E-state index in [4.69, 9.17) is 27.9 Å². The molecule has 3 rings (SSSR count). The second kappa shape index (κ2) is 8.17. The molecular formula is C21H16Cl2FNO3. The zero-order valence-corrected chi connectivity index (χ0v) is 16.6. The normalized spacial score (nSPS) is 10.8. The molecule has 1 aromatic heterocycles. The van der Waals surface area contributed by atoms with E-state index in [1.807, 2.05) is 11.5 Å². The first kappa shape index (κ1) is 20.1. The summed E-state index contributed by atoms with van der Waals surface area (Å²) in [5.41, 5.74) is 2.87. The maximum atomic E-state index is 13.2. The first-order chi connectivity index (χ1) is 13.3. The summed E-state index contributed by atoms with van der Waals surface area (Å²) in [4.78, 5) is 24.7. The molecule has 0 aliphatic heterocycles. The molecule has 144 valence electrons. The molecule has 0 radical (unpaired) electrons. The zero-order valence-electron chi connectivity index (χ0n) is 15.1. The highest BCUT2D eigenvalue weighted by Crippen LogP contribution is 2.24. The van der Waals surface area contributed by atoms with Crippen molar-refractivity contribution in [2.45, 2.75) is 13.8 Å². The number of ketones is 1. The Bertz CT molecular complexity index is 1060. The van der Waals surface area contributed by atoms with E-state index in [-0.39, 0.29) is 22.2 Å². The van der Waals surface area contributed by atoms with Crippen LogP contribution >= 0.6 is 23.2 Å². The molecule has 1 heterocycles. The Morgan fingerprint density at radius 1 is 1.00 bits per heavy atom. The second-order valence-corrected chi connectivity index (χ2v) is 7.04. The van der Waals surface area contributed by atoms with Gasteiger partial charge >= 0.3 is 5.97 Å². The molecule has 0 saturated heterocycles. The number of hydrogen-bond donors (Lipinski definition) is 0. The van der Waals surface area contributed by atoms with Crippen molar-refractivity contribution >= 4 is 35.0 Å². The van der Waals surface area contributed by atoms with E-state index >= 15 is 0 Å². The predicted octanol–water partition coefficient (Wildman–Crippen LogP) is 5.58. The van der Waals surface area contributed by atoms with Crippen molar-refractivity contribution in [3.05, 3.63) is 86.9 Å². The summed E-state index contributed by atoms with van der Waals surface area (Å²) < 4.78 is 20.1. The Morgan fingerprint density at radius 2 is 1.68 bits per heavy atom. The third-order valence-electron chi connectivity index (χ3n) is 4.31. The fourth-order valence-corrected chi connectivity index (χ4v) is 3.25. The van der Waals surface area contributed by atoms with Crippen LogP contribution in [0.3, 0.4) is 0 Å². The number of aryl methyl sites for hydroxylation is 1. The largest absolute Gasteiger partial charge is 0.454 e. The number of rotatable bonds is 5. The molecule has 0 aliphatic carbocycles. The summed E-state index contributed by atoms with van der Waals surface area (Å²) in [5.74, 6) is -1.34. The van der Waals surface area contributed by atoms with Gasteiger partial charge in [0.05, 0.1) is 15.6 Å². The first-order valence-corrected chi connectivity index (χ1v) is 9.14. The Hall–Kier alpha value is -2.63. The third kappa shape index (κ3) is 4.11. The van der Waals surface area contributed by atoms with Gasteiger partial charge < -0.3 is 9.30 Å². The molecule has 0 atom stereocenters. The molecule has 3 aromatic rings. The monoisotopic (exact) mass is 419 g/mol. The maximum Gasteiger partial charge on any atom is 0.338 e. The number of carbonyl (C=O) groups excluding carboxylic acids is 2. The van der Waals surface area contributed by atoms with E-state index in [1.54, 1.807) is 25.1 Å². The van der Waals surface area contributed by atoms with Crippen LogP contribution in [0.1, 0.15) is 32.1 Å². The molecule has 0 N–H and O–H groups in total. The maximum absolute atomic E-state index is 13.2. The number of esters is 1. The SMILES string of the molecule is Cc1cc(C(=O)COC(=O)c2ccc(Cl)c(Cl)c2)c(C)n1-c1ccc(F)cc1. The smallest absolute Gasteiger partial charge is 0.338 e. The summed E-state index contributed by atoms with van der Waals surface area (Å²) in [6, 6.07) is 12.0. The summed E-state index contributed by atoms with van der Waals surface area (Å²) in [6.45, 7) is 3.21. The molecule has 0 amide bonds. The molecule has 0 fully saturated rings. The lowest BCUT2D eigenvalue weighted by atomic mass is 10.1. The Morgan fingerprint density at radius 3 is 2.32 bits per heavy atom. The lowest BCUT2D eigenvalue weighted by Crippen LogP contribution is -2.15. The van der Waals surface area contributed by atoms with Gasteiger partial charge in [0.2, 0.25) is 5.78 Å². The Kier molecular flexibility index (Phi) is 5.87. The van der Waals surface area contributed by atoms with Crippen molar-refractivity contribution in [2.24, 2.45) is 0 Å². The molecule has 0 spiro atoms. The first-order valence-electron chi connectivity index (χ1n) is 8.38. The number of benzene rings is 2. The van der Waals surface area contributed by atoms with Crippen LogP contribution in [0.25, 0.3) is 5.69 Å². The van der Waals surface area contributed by atoms with E-state index in [0.29, 0.717) is 16.3 Å². The predicted molar refractivity (Wildman–Crippen MR) is 106 cm³/mol. The van der Waals surface area contributed by atoms with Crippen molar-refractivity contribution in [2.75, 3.05) is 6.61 Å². The summed E-state index contributed by atoms with van der Waals surface area (Å²) in [6.07, 6.45) is 0. The molecule has 0 saturated carbocycles. The molecule has 0 aliphatic rings. The number of hydrogen-bond acceptors (Lipinski definition) is 3. The average molecular weight is 420 g/mol.